The fourth-order valence-electron chi connectivity index (χ4n) is 1.55. The number of benzene rings is 1. The van der Waals surface area contributed by atoms with Crippen molar-refractivity contribution in [1.29, 1.82) is 0 Å². The number of methoxy groups -OCH3 is 1. The van der Waals surface area contributed by atoms with Gasteiger partial charge >= 0.3 is 5.97 Å². The van der Waals surface area contributed by atoms with E-state index in [0.717, 1.165) is 30.2 Å². The van der Waals surface area contributed by atoms with E-state index < -0.39 is 5.97 Å². The Kier molecular flexibility index (Phi) is 6.43. The molecule has 4 nitrogen and oxygen atoms in total. The minimum atomic E-state index is -0.405. The lowest BCUT2D eigenvalue weighted by Gasteiger charge is -2.11. The molecule has 0 aliphatic carbocycles. The Hall–Kier alpha value is -1.36. The first kappa shape index (κ1) is 14.7. The zero-order valence-corrected chi connectivity index (χ0v) is 11.7. The number of anilines is 2. The smallest absolute Gasteiger partial charge is 0.340 e. The number of hydrogen-bond acceptors (Lipinski definition) is 5. The topological polar surface area (TPSA) is 64.3 Å². The van der Waals surface area contributed by atoms with Gasteiger partial charge in [0.1, 0.15) is 0 Å². The van der Waals surface area contributed by atoms with Crippen LogP contribution in [0.1, 0.15) is 23.7 Å². The summed E-state index contributed by atoms with van der Waals surface area (Å²) in [5.41, 5.74) is 7.58. The second-order valence-corrected chi connectivity index (χ2v) is 5.13. The number of ether oxygens (including phenoxy) is 1. The van der Waals surface area contributed by atoms with Crippen LogP contribution in [-0.2, 0) is 4.74 Å². The molecular weight excluding hydrogens is 248 g/mol. The molecule has 0 unspecified atom stereocenters. The lowest BCUT2D eigenvalue weighted by Crippen LogP contribution is -2.10. The third-order valence-electron chi connectivity index (χ3n) is 2.50. The number of carbonyl (C=O) groups is 1. The molecule has 0 aliphatic heterocycles. The van der Waals surface area contributed by atoms with E-state index in [9.17, 15) is 4.79 Å². The lowest BCUT2D eigenvalue weighted by molar-refractivity contribution is 0.0602. The SMILES string of the molecule is CCSCCCNc1cccc(C(=O)OC)c1N. The molecule has 1 aromatic rings. The summed E-state index contributed by atoms with van der Waals surface area (Å²) in [7, 11) is 1.35. The Morgan fingerprint density at radius 2 is 2.28 bits per heavy atom. The van der Waals surface area contributed by atoms with Crippen molar-refractivity contribution in [2.45, 2.75) is 13.3 Å². The molecule has 0 amide bonds. The normalized spacial score (nSPS) is 10.1. The molecule has 0 fully saturated rings. The molecule has 0 heterocycles. The van der Waals surface area contributed by atoms with Gasteiger partial charge in [-0.1, -0.05) is 13.0 Å². The van der Waals surface area contributed by atoms with E-state index in [1.807, 2.05) is 17.8 Å². The van der Waals surface area contributed by atoms with Gasteiger partial charge in [-0.3, -0.25) is 0 Å². The molecule has 0 radical (unpaired) electrons. The van der Waals surface area contributed by atoms with Crippen LogP contribution < -0.4 is 11.1 Å². The standard InChI is InChI=1S/C13H20N2O2S/c1-3-18-9-5-8-15-11-7-4-6-10(12(11)14)13(16)17-2/h4,6-7,15H,3,5,8-9,14H2,1-2H3. The predicted molar refractivity (Wildman–Crippen MR) is 78.3 cm³/mol. The van der Waals surface area contributed by atoms with Crippen molar-refractivity contribution in [1.82, 2.24) is 0 Å². The third kappa shape index (κ3) is 4.14. The number of nitrogen functional groups attached to an aromatic ring is 1. The van der Waals surface area contributed by atoms with Crippen LogP contribution in [0, 0.1) is 0 Å². The van der Waals surface area contributed by atoms with Gasteiger partial charge in [-0.05, 0) is 30.1 Å². The summed E-state index contributed by atoms with van der Waals surface area (Å²) in [6.45, 7) is 3.00. The van der Waals surface area contributed by atoms with E-state index in [4.69, 9.17) is 5.73 Å². The van der Waals surface area contributed by atoms with Crippen LogP contribution >= 0.6 is 11.8 Å². The zero-order chi connectivity index (χ0) is 13.4. The van der Waals surface area contributed by atoms with Crippen LogP contribution in [0.4, 0.5) is 11.4 Å². The van der Waals surface area contributed by atoms with E-state index in [-0.39, 0.29) is 0 Å². The molecular formula is C13H20N2O2S. The molecule has 1 rings (SSSR count). The predicted octanol–water partition coefficient (Wildman–Crippen LogP) is 2.61. The second kappa shape index (κ2) is 7.87. The Balaban J connectivity index is 2.58. The van der Waals surface area contributed by atoms with Gasteiger partial charge in [-0.15, -0.1) is 0 Å². The fraction of sp³-hybridized carbons (Fsp3) is 0.462. The van der Waals surface area contributed by atoms with Gasteiger partial charge in [-0.2, -0.15) is 11.8 Å². The van der Waals surface area contributed by atoms with Crippen LogP contribution in [0.2, 0.25) is 0 Å². The van der Waals surface area contributed by atoms with E-state index in [2.05, 4.69) is 17.0 Å². The molecule has 100 valence electrons. The first-order chi connectivity index (χ1) is 8.70. The highest BCUT2D eigenvalue weighted by Crippen LogP contribution is 2.23. The van der Waals surface area contributed by atoms with Crippen LogP contribution in [0.5, 0.6) is 0 Å². The van der Waals surface area contributed by atoms with Crippen molar-refractivity contribution in [2.24, 2.45) is 0 Å². The maximum atomic E-state index is 11.5. The molecule has 0 atom stereocenters. The summed E-state index contributed by atoms with van der Waals surface area (Å²) >= 11 is 1.91. The number of para-hydroxylation sites is 1. The molecule has 0 bridgehead atoms. The molecule has 3 N–H and O–H groups in total. The van der Waals surface area contributed by atoms with Gasteiger partial charge in [0.15, 0.2) is 0 Å². The van der Waals surface area contributed by atoms with Crippen molar-refractivity contribution in [2.75, 3.05) is 36.2 Å². The number of nitrogens with two attached hydrogens (primary N) is 1. The summed E-state index contributed by atoms with van der Waals surface area (Å²) in [6, 6.07) is 5.33. The van der Waals surface area contributed by atoms with Gasteiger partial charge < -0.3 is 15.8 Å². The summed E-state index contributed by atoms with van der Waals surface area (Å²) in [6.07, 6.45) is 1.07. The highest BCUT2D eigenvalue weighted by molar-refractivity contribution is 7.99. The molecule has 5 heteroatoms. The van der Waals surface area contributed by atoms with Crippen LogP contribution in [0.25, 0.3) is 0 Å². The van der Waals surface area contributed by atoms with Gasteiger partial charge in [0.25, 0.3) is 0 Å². The van der Waals surface area contributed by atoms with Crippen molar-refractivity contribution < 1.29 is 9.53 Å². The highest BCUT2D eigenvalue weighted by atomic mass is 32.2. The first-order valence-corrected chi connectivity index (χ1v) is 7.14. The number of carbonyl (C=O) groups excluding carboxylic acids is 1. The van der Waals surface area contributed by atoms with Gasteiger partial charge in [0, 0.05) is 6.54 Å². The van der Waals surface area contributed by atoms with Gasteiger partial charge in [-0.25, -0.2) is 4.79 Å². The Morgan fingerprint density at radius 3 is 2.94 bits per heavy atom. The molecule has 0 spiro atoms. The summed E-state index contributed by atoms with van der Waals surface area (Å²) in [4.78, 5) is 11.5. The third-order valence-corrected chi connectivity index (χ3v) is 3.48. The monoisotopic (exact) mass is 268 g/mol. The Bertz CT molecular complexity index is 397. The molecule has 18 heavy (non-hydrogen) atoms. The van der Waals surface area contributed by atoms with Crippen molar-refractivity contribution in [3.8, 4) is 0 Å². The molecule has 0 saturated carbocycles. The molecule has 0 saturated heterocycles. The van der Waals surface area contributed by atoms with Crippen LogP contribution in [-0.4, -0.2) is 31.1 Å². The molecule has 0 aromatic heterocycles. The number of rotatable bonds is 7. The minimum absolute atomic E-state index is 0.405. The van der Waals surface area contributed by atoms with Gasteiger partial charge in [0.2, 0.25) is 0 Å². The maximum absolute atomic E-state index is 11.5. The quantitative estimate of drug-likeness (QED) is 0.452. The van der Waals surface area contributed by atoms with Crippen LogP contribution in [0.15, 0.2) is 18.2 Å². The van der Waals surface area contributed by atoms with Crippen LogP contribution in [0.3, 0.4) is 0 Å². The highest BCUT2D eigenvalue weighted by Gasteiger charge is 2.12. The number of thioether (sulfide) groups is 1. The van der Waals surface area contributed by atoms with E-state index in [0.29, 0.717) is 11.3 Å². The first-order valence-electron chi connectivity index (χ1n) is 5.99. The summed E-state index contributed by atoms with van der Waals surface area (Å²) in [5.74, 6) is 1.86. The zero-order valence-electron chi connectivity index (χ0n) is 10.9. The number of esters is 1. The number of nitrogens with one attached hydrogen (secondary N) is 1. The molecule has 0 aliphatic rings. The number of hydrogen-bond donors (Lipinski definition) is 2. The van der Waals surface area contributed by atoms with E-state index in [1.54, 1.807) is 12.1 Å². The van der Waals surface area contributed by atoms with E-state index in [1.165, 1.54) is 7.11 Å². The largest absolute Gasteiger partial charge is 0.465 e. The summed E-state index contributed by atoms with van der Waals surface area (Å²) in [5, 5.41) is 3.25. The second-order valence-electron chi connectivity index (χ2n) is 3.74. The molecule has 1 aromatic carbocycles. The Labute approximate surface area is 112 Å². The average Bonchev–Trinajstić information content (AvgIpc) is 2.39. The van der Waals surface area contributed by atoms with Crippen molar-refractivity contribution >= 4 is 29.1 Å². The fourth-order valence-corrected chi connectivity index (χ4v) is 2.19. The van der Waals surface area contributed by atoms with Crippen molar-refractivity contribution in [3.63, 3.8) is 0 Å². The van der Waals surface area contributed by atoms with Crippen molar-refractivity contribution in [3.05, 3.63) is 23.8 Å². The lowest BCUT2D eigenvalue weighted by atomic mass is 10.1. The van der Waals surface area contributed by atoms with Gasteiger partial charge in [0.05, 0.1) is 24.0 Å². The average molecular weight is 268 g/mol. The maximum Gasteiger partial charge on any atom is 0.340 e. The Morgan fingerprint density at radius 1 is 1.50 bits per heavy atom. The summed E-state index contributed by atoms with van der Waals surface area (Å²) < 4.78 is 4.68. The van der Waals surface area contributed by atoms with E-state index >= 15 is 0 Å². The minimum Gasteiger partial charge on any atom is -0.465 e.